The van der Waals surface area contributed by atoms with Crippen LogP contribution < -0.4 is 0 Å². The van der Waals surface area contributed by atoms with Gasteiger partial charge in [-0.15, -0.1) is 0 Å². The number of carbonyl (C=O) groups excluding carboxylic acids is 2. The van der Waals surface area contributed by atoms with Gasteiger partial charge in [-0.2, -0.15) is 0 Å². The maximum atomic E-state index is 13.4. The average molecular weight is 438 g/mol. The Labute approximate surface area is 189 Å². The van der Waals surface area contributed by atoms with Gasteiger partial charge in [0.05, 0.1) is 6.54 Å². The van der Waals surface area contributed by atoms with E-state index in [1.54, 1.807) is 21.9 Å². The van der Waals surface area contributed by atoms with Gasteiger partial charge >= 0.3 is 0 Å². The minimum atomic E-state index is -0.301. The van der Waals surface area contributed by atoms with E-state index in [0.717, 1.165) is 34.9 Å². The van der Waals surface area contributed by atoms with Gasteiger partial charge in [-0.1, -0.05) is 50.6 Å². The number of benzene rings is 2. The first-order chi connectivity index (χ1) is 15.5. The van der Waals surface area contributed by atoms with Gasteiger partial charge in [0.1, 0.15) is 5.82 Å². The van der Waals surface area contributed by atoms with Crippen molar-refractivity contribution in [1.82, 2.24) is 14.8 Å². The molecular weight excluding hydrogens is 405 g/mol. The van der Waals surface area contributed by atoms with Crippen LogP contribution in [0.5, 0.6) is 0 Å². The van der Waals surface area contributed by atoms with Crippen molar-refractivity contribution in [2.75, 3.05) is 19.6 Å². The zero-order valence-corrected chi connectivity index (χ0v) is 18.9. The molecule has 0 atom stereocenters. The Hall–Kier alpha value is -3.15. The first-order valence-corrected chi connectivity index (χ1v) is 11.4. The van der Waals surface area contributed by atoms with Crippen molar-refractivity contribution in [1.29, 1.82) is 0 Å². The first kappa shape index (κ1) is 23.5. The molecule has 6 heteroatoms. The number of aromatic amines is 1. The summed E-state index contributed by atoms with van der Waals surface area (Å²) in [5.41, 5.74) is 3.07. The lowest BCUT2D eigenvalue weighted by molar-refractivity contribution is -0.140. The summed E-state index contributed by atoms with van der Waals surface area (Å²) in [5.74, 6) is -0.401. The SMILES string of the molecule is CCCCN(CC(=O)N(CCc1c[nH]c2ccccc12)Cc1ccc(F)cc1)C(=O)CC. The number of fused-ring (bicyclic) bond motifs is 1. The van der Waals surface area contributed by atoms with Gasteiger partial charge < -0.3 is 14.8 Å². The van der Waals surface area contributed by atoms with Crippen LogP contribution in [-0.4, -0.2) is 46.2 Å². The van der Waals surface area contributed by atoms with Crippen LogP contribution in [0.1, 0.15) is 44.2 Å². The third-order valence-electron chi connectivity index (χ3n) is 5.73. The summed E-state index contributed by atoms with van der Waals surface area (Å²) in [6, 6.07) is 14.3. The van der Waals surface area contributed by atoms with E-state index in [-0.39, 0.29) is 24.2 Å². The molecule has 0 spiro atoms. The lowest BCUT2D eigenvalue weighted by atomic mass is 10.1. The molecule has 0 aliphatic carbocycles. The highest BCUT2D eigenvalue weighted by molar-refractivity contribution is 5.85. The number of carbonyl (C=O) groups is 2. The second-order valence-electron chi connectivity index (χ2n) is 8.07. The van der Waals surface area contributed by atoms with Crippen molar-refractivity contribution in [2.24, 2.45) is 0 Å². The second kappa shape index (κ2) is 11.5. The Morgan fingerprint density at radius 1 is 0.938 bits per heavy atom. The van der Waals surface area contributed by atoms with E-state index >= 15 is 0 Å². The zero-order chi connectivity index (χ0) is 22.9. The molecule has 2 amide bonds. The maximum absolute atomic E-state index is 13.4. The lowest BCUT2D eigenvalue weighted by Gasteiger charge is -2.28. The minimum absolute atomic E-state index is 0.00911. The molecule has 5 nitrogen and oxygen atoms in total. The predicted molar refractivity (Wildman–Crippen MR) is 126 cm³/mol. The largest absolute Gasteiger partial charge is 0.361 e. The van der Waals surface area contributed by atoms with Crippen LogP contribution in [0.4, 0.5) is 4.39 Å². The highest BCUT2D eigenvalue weighted by Gasteiger charge is 2.21. The fourth-order valence-corrected chi connectivity index (χ4v) is 3.82. The molecule has 2 aromatic carbocycles. The van der Waals surface area contributed by atoms with E-state index in [0.29, 0.717) is 32.5 Å². The lowest BCUT2D eigenvalue weighted by Crippen LogP contribution is -2.43. The van der Waals surface area contributed by atoms with E-state index < -0.39 is 0 Å². The molecule has 0 radical (unpaired) electrons. The van der Waals surface area contributed by atoms with Crippen LogP contribution in [0.25, 0.3) is 10.9 Å². The Morgan fingerprint density at radius 3 is 2.41 bits per heavy atom. The molecular formula is C26H32FN3O2. The molecule has 1 heterocycles. The van der Waals surface area contributed by atoms with Crippen LogP contribution in [0.3, 0.4) is 0 Å². The van der Waals surface area contributed by atoms with E-state index in [4.69, 9.17) is 0 Å². The summed E-state index contributed by atoms with van der Waals surface area (Å²) in [6.45, 7) is 5.43. The number of hydrogen-bond acceptors (Lipinski definition) is 2. The van der Waals surface area contributed by atoms with Crippen molar-refractivity contribution >= 4 is 22.7 Å². The van der Waals surface area contributed by atoms with Gasteiger partial charge in [-0.3, -0.25) is 9.59 Å². The molecule has 0 unspecified atom stereocenters. The van der Waals surface area contributed by atoms with E-state index in [2.05, 4.69) is 18.0 Å². The Kier molecular flexibility index (Phi) is 8.42. The van der Waals surface area contributed by atoms with Crippen LogP contribution in [0, 0.1) is 5.82 Å². The molecule has 3 rings (SSSR count). The standard InChI is InChI=1S/C26H32FN3O2/c1-3-5-15-29(25(31)4-2)19-26(32)30(18-20-10-12-22(27)13-11-20)16-14-21-17-28-24-9-7-6-8-23(21)24/h6-13,17,28H,3-5,14-16,18-19H2,1-2H3. The Balaban J connectivity index is 1.76. The third-order valence-corrected chi connectivity index (χ3v) is 5.73. The molecule has 0 saturated carbocycles. The van der Waals surface area contributed by atoms with Crippen molar-refractivity contribution in [2.45, 2.75) is 46.1 Å². The topological polar surface area (TPSA) is 56.4 Å². The van der Waals surface area contributed by atoms with Crippen molar-refractivity contribution in [3.05, 3.63) is 71.7 Å². The highest BCUT2D eigenvalue weighted by Crippen LogP contribution is 2.19. The monoisotopic (exact) mass is 437 g/mol. The Morgan fingerprint density at radius 2 is 1.69 bits per heavy atom. The zero-order valence-electron chi connectivity index (χ0n) is 18.9. The van der Waals surface area contributed by atoms with E-state index in [9.17, 15) is 14.0 Å². The third kappa shape index (κ3) is 6.19. The summed E-state index contributed by atoms with van der Waals surface area (Å²) in [4.78, 5) is 32.4. The van der Waals surface area contributed by atoms with Gasteiger partial charge in [0.15, 0.2) is 0 Å². The molecule has 0 bridgehead atoms. The van der Waals surface area contributed by atoms with Crippen molar-refractivity contribution < 1.29 is 14.0 Å². The number of H-pyrrole nitrogens is 1. The minimum Gasteiger partial charge on any atom is -0.361 e. The number of hydrogen-bond donors (Lipinski definition) is 1. The van der Waals surface area contributed by atoms with Gasteiger partial charge in [-0.25, -0.2) is 4.39 Å². The smallest absolute Gasteiger partial charge is 0.242 e. The van der Waals surface area contributed by atoms with E-state index in [1.165, 1.54) is 12.1 Å². The molecule has 0 aliphatic rings. The number of unbranched alkanes of at least 4 members (excludes halogenated alkanes) is 1. The van der Waals surface area contributed by atoms with Crippen LogP contribution in [0.2, 0.25) is 0 Å². The summed E-state index contributed by atoms with van der Waals surface area (Å²) >= 11 is 0. The predicted octanol–water partition coefficient (Wildman–Crippen LogP) is 4.92. The second-order valence-corrected chi connectivity index (χ2v) is 8.07. The molecule has 0 saturated heterocycles. The molecule has 3 aromatic rings. The van der Waals surface area contributed by atoms with Gasteiger partial charge in [0.2, 0.25) is 11.8 Å². The molecule has 1 aromatic heterocycles. The number of nitrogens with one attached hydrogen (secondary N) is 1. The molecule has 170 valence electrons. The Bertz CT molecular complexity index is 1030. The summed E-state index contributed by atoms with van der Waals surface area (Å²) in [5, 5.41) is 1.15. The molecule has 1 N–H and O–H groups in total. The van der Waals surface area contributed by atoms with Crippen LogP contribution in [-0.2, 0) is 22.6 Å². The quantitative estimate of drug-likeness (QED) is 0.463. The van der Waals surface area contributed by atoms with Gasteiger partial charge in [-0.05, 0) is 42.2 Å². The number of rotatable bonds is 11. The summed E-state index contributed by atoms with van der Waals surface area (Å²) in [6.07, 6.45) is 4.88. The maximum Gasteiger partial charge on any atom is 0.242 e. The van der Waals surface area contributed by atoms with Crippen LogP contribution in [0.15, 0.2) is 54.7 Å². The molecule has 0 fully saturated rings. The number of aromatic nitrogens is 1. The first-order valence-electron chi connectivity index (χ1n) is 11.4. The fraction of sp³-hybridized carbons (Fsp3) is 0.385. The van der Waals surface area contributed by atoms with E-state index in [1.807, 2.05) is 31.3 Å². The number of para-hydroxylation sites is 1. The van der Waals surface area contributed by atoms with Gasteiger partial charge in [0.25, 0.3) is 0 Å². The number of halogens is 1. The van der Waals surface area contributed by atoms with Crippen LogP contribution >= 0.6 is 0 Å². The normalized spacial score (nSPS) is 11.0. The number of nitrogens with zero attached hydrogens (tertiary/aromatic N) is 2. The highest BCUT2D eigenvalue weighted by atomic mass is 19.1. The molecule has 32 heavy (non-hydrogen) atoms. The number of amides is 2. The molecule has 0 aliphatic heterocycles. The van der Waals surface area contributed by atoms with Crippen molar-refractivity contribution in [3.63, 3.8) is 0 Å². The summed E-state index contributed by atoms with van der Waals surface area (Å²) < 4.78 is 13.4. The van der Waals surface area contributed by atoms with Crippen molar-refractivity contribution in [3.8, 4) is 0 Å². The average Bonchev–Trinajstić information content (AvgIpc) is 3.23. The fourth-order valence-electron chi connectivity index (χ4n) is 3.82. The van der Waals surface area contributed by atoms with Gasteiger partial charge in [0, 0.05) is 43.2 Å². The summed E-state index contributed by atoms with van der Waals surface area (Å²) in [7, 11) is 0.